The van der Waals surface area contributed by atoms with Crippen molar-refractivity contribution in [2.75, 3.05) is 60.6 Å². The number of carbonyl (C=O) groups is 10. The van der Waals surface area contributed by atoms with E-state index in [9.17, 15) is 97.1 Å². The Morgan fingerprint density at radius 2 is 1.10 bits per heavy atom. The fourth-order valence-corrected chi connectivity index (χ4v) is 14.6. The number of nitrogens with one attached hydrogen (secondary N) is 8. The fraction of sp³-hybridized carbons (Fsp3) is 0.405. The minimum absolute atomic E-state index is 0.0321. The van der Waals surface area contributed by atoms with Gasteiger partial charge in [-0.3, -0.25) is 33.6 Å². The number of hydrogen-bond acceptors (Lipinski definition) is 21. The van der Waals surface area contributed by atoms with E-state index in [1.54, 1.807) is 121 Å². The third-order valence-corrected chi connectivity index (χ3v) is 21.4. The number of rotatable bonds is 44. The normalized spacial score (nSPS) is 15.3. The van der Waals surface area contributed by atoms with Gasteiger partial charge in [0, 0.05) is 117 Å². The van der Waals surface area contributed by atoms with E-state index in [-0.39, 0.29) is 77.5 Å². The van der Waals surface area contributed by atoms with E-state index >= 15 is 0 Å². The molecule has 115 heavy (non-hydrogen) atoms. The van der Waals surface area contributed by atoms with Crippen molar-refractivity contribution >= 4 is 118 Å². The highest BCUT2D eigenvalue weighted by atomic mass is 32.2. The maximum atomic E-state index is 14.7. The van der Waals surface area contributed by atoms with E-state index < -0.39 is 179 Å². The van der Waals surface area contributed by atoms with Crippen molar-refractivity contribution in [3.63, 3.8) is 0 Å². The van der Waals surface area contributed by atoms with Crippen LogP contribution in [0.5, 0.6) is 0 Å². The zero-order chi connectivity index (χ0) is 84.4. The highest BCUT2D eigenvalue weighted by molar-refractivity contribution is 7.86. The lowest BCUT2D eigenvalue weighted by molar-refractivity contribution is -0.141. The number of nitrogens with zero attached hydrogens (tertiary/aromatic N) is 2. The number of benzene rings is 5. The summed E-state index contributed by atoms with van der Waals surface area (Å²) in [6, 6.07) is 28.3. The molecule has 1 aromatic heterocycles. The molecule has 8 amide bonds. The summed E-state index contributed by atoms with van der Waals surface area (Å²) in [5, 5.41) is 48.8. The zero-order valence-electron chi connectivity index (χ0n) is 64.1. The second kappa shape index (κ2) is 41.7. The number of carboxylic acids is 3. The maximum Gasteiger partial charge on any atom is 0.363 e. The number of carboxylic acid groups (broad SMARTS) is 3. The number of carbonyl (C=O) groups excluding carboxylic acids is 7. The van der Waals surface area contributed by atoms with Crippen LogP contribution in [0, 0.1) is 0 Å². The highest BCUT2D eigenvalue weighted by Gasteiger charge is 2.44. The van der Waals surface area contributed by atoms with Crippen LogP contribution < -0.4 is 52.3 Å². The molecule has 6 aromatic rings. The van der Waals surface area contributed by atoms with Crippen LogP contribution in [0.3, 0.4) is 0 Å². The van der Waals surface area contributed by atoms with Gasteiger partial charge in [-0.25, -0.2) is 44.1 Å². The Morgan fingerprint density at radius 3 is 1.63 bits per heavy atom. The second-order valence-corrected chi connectivity index (χ2v) is 33.2. The molecule has 11 N–H and O–H groups in total. The van der Waals surface area contributed by atoms with Crippen molar-refractivity contribution in [1.82, 2.24) is 42.5 Å². The molecule has 1 aliphatic heterocycles. The van der Waals surface area contributed by atoms with Crippen molar-refractivity contribution < 1.29 is 107 Å². The minimum Gasteiger partial charge on any atom is -0.748 e. The summed E-state index contributed by atoms with van der Waals surface area (Å²) in [6.45, 7) is 9.33. The monoisotopic (exact) mass is 1650 g/mol. The number of urea groups is 1. The number of aliphatic carboxylic acids is 3. The summed E-state index contributed by atoms with van der Waals surface area (Å²) in [6.07, 6.45) is 2.35. The Hall–Kier alpha value is -11.2. The van der Waals surface area contributed by atoms with Gasteiger partial charge in [-0.15, -0.1) is 0 Å². The Balaban J connectivity index is 1.05. The van der Waals surface area contributed by atoms with E-state index in [1.165, 1.54) is 12.1 Å². The van der Waals surface area contributed by atoms with Gasteiger partial charge in [-0.1, -0.05) is 118 Å². The van der Waals surface area contributed by atoms with E-state index in [2.05, 4.69) is 37.2 Å². The first-order chi connectivity index (χ1) is 54.2. The molecule has 0 saturated heterocycles. The first-order valence-electron chi connectivity index (χ1n) is 37.1. The molecule has 33 nitrogen and oxygen atoms in total. The highest BCUT2D eigenvalue weighted by Crippen LogP contribution is 2.51. The summed E-state index contributed by atoms with van der Waals surface area (Å²) >= 11 is 0. The van der Waals surface area contributed by atoms with Crippen LogP contribution in [0.1, 0.15) is 126 Å². The summed E-state index contributed by atoms with van der Waals surface area (Å²) in [5.41, 5.74) is 3.34. The fourth-order valence-electron chi connectivity index (χ4n) is 13.2. The van der Waals surface area contributed by atoms with Crippen LogP contribution in [0.2, 0.25) is 0 Å². The van der Waals surface area contributed by atoms with Gasteiger partial charge in [0.25, 0.3) is 0 Å². The van der Waals surface area contributed by atoms with Crippen molar-refractivity contribution in [2.24, 2.45) is 0 Å². The van der Waals surface area contributed by atoms with Gasteiger partial charge in [0.2, 0.25) is 35.4 Å². The number of allylic oxidation sites excluding steroid dienone is 3. The molecule has 6 atom stereocenters. The molecule has 0 saturated carbocycles. The van der Waals surface area contributed by atoms with Crippen LogP contribution >= 0.6 is 0 Å². The zero-order valence-corrected chi connectivity index (χ0v) is 66.5. The molecule has 0 radical (unpaired) electrons. The SMILES string of the molecule is CCN(CCCS(=O)(=O)[O-])c1ccc2c(C(C)(C)C)cc(/C=C/C=C3\N(CCCS(=O)(=O)[O-])c4ccc(S(=O)(=O)[O-])cc4C3(C)CCCC(=O)N[C@@H](Cc3ccccc3)C(=O)N[C@@H](Cc3ccccc3)C(=O)NCC(=O)NCCNC(=O)[C@H](Cc3ccccc3)NC(=O)CCC(NC(=O)NC(CCC(=O)O)C(=O)O)C(=O)O)[o+]c2c1. The molecule has 0 spiro atoms. The molecule has 7 rings (SSSR count). The first-order valence-corrected chi connectivity index (χ1v) is 41.6. The molecule has 5 aromatic carbocycles. The molecule has 2 heterocycles. The third kappa shape index (κ3) is 29.0. The average Bonchev–Trinajstić information content (AvgIpc) is 1.58. The number of fused-ring (bicyclic) bond motifs is 2. The molecule has 0 fully saturated rings. The lowest BCUT2D eigenvalue weighted by Crippen LogP contribution is -2.56. The summed E-state index contributed by atoms with van der Waals surface area (Å²) < 4.78 is 115. The lowest BCUT2D eigenvalue weighted by Gasteiger charge is -2.31. The van der Waals surface area contributed by atoms with Gasteiger partial charge in [-0.05, 0) is 122 Å². The topological polar surface area (TPSA) is 517 Å². The van der Waals surface area contributed by atoms with Gasteiger partial charge in [-0.2, -0.15) is 0 Å². The molecular formula is C79H96N10O23S3-2. The van der Waals surface area contributed by atoms with Crippen LogP contribution in [0.25, 0.3) is 17.0 Å². The van der Waals surface area contributed by atoms with Crippen molar-refractivity contribution in [2.45, 2.75) is 158 Å². The molecule has 1 aliphatic rings. The van der Waals surface area contributed by atoms with Crippen molar-refractivity contribution in [3.05, 3.63) is 185 Å². The van der Waals surface area contributed by atoms with Gasteiger partial charge < -0.3 is 81.3 Å². The average molecular weight is 1650 g/mol. The molecule has 620 valence electrons. The summed E-state index contributed by atoms with van der Waals surface area (Å²) in [7, 11) is -14.3. The van der Waals surface area contributed by atoms with Gasteiger partial charge >= 0.3 is 35.3 Å². The number of amides is 8. The Bertz CT molecular complexity index is 4900. The van der Waals surface area contributed by atoms with Gasteiger partial charge in [0.15, 0.2) is 0 Å². The van der Waals surface area contributed by atoms with Crippen LogP contribution in [0.15, 0.2) is 161 Å². The lowest BCUT2D eigenvalue weighted by atomic mass is 9.77. The Kier molecular flexibility index (Phi) is 33.0. The second-order valence-electron chi connectivity index (χ2n) is 28.8. The van der Waals surface area contributed by atoms with E-state index in [0.29, 0.717) is 57.2 Å². The van der Waals surface area contributed by atoms with E-state index in [4.69, 9.17) is 9.52 Å². The maximum absolute atomic E-state index is 14.7. The van der Waals surface area contributed by atoms with Crippen LogP contribution in [-0.2, 0) is 104 Å². The van der Waals surface area contributed by atoms with Crippen LogP contribution in [-0.4, -0.2) is 195 Å². The quantitative estimate of drug-likeness (QED) is 0.0138. The van der Waals surface area contributed by atoms with Gasteiger partial charge in [0.1, 0.15) is 40.3 Å². The molecule has 3 unspecified atom stereocenters. The predicted octanol–water partition coefficient (Wildman–Crippen LogP) is 4.84. The van der Waals surface area contributed by atoms with Crippen molar-refractivity contribution in [1.29, 1.82) is 0 Å². The molecule has 0 bridgehead atoms. The first kappa shape index (κ1) is 91.0. The molecule has 36 heteroatoms. The Labute approximate surface area is 666 Å². The molecular weight excluding hydrogens is 1550 g/mol. The predicted molar refractivity (Wildman–Crippen MR) is 422 cm³/mol. The number of anilines is 2. The van der Waals surface area contributed by atoms with Crippen molar-refractivity contribution in [3.8, 4) is 0 Å². The third-order valence-electron chi connectivity index (χ3n) is 19.0. The van der Waals surface area contributed by atoms with Gasteiger partial charge in [0.05, 0.1) is 43.1 Å². The minimum atomic E-state index is -5.08. The largest absolute Gasteiger partial charge is 0.748 e. The smallest absolute Gasteiger partial charge is 0.363 e. The van der Waals surface area contributed by atoms with E-state index in [0.717, 1.165) is 17.0 Å². The summed E-state index contributed by atoms with van der Waals surface area (Å²) in [4.78, 5) is 134. The van der Waals surface area contributed by atoms with Crippen LogP contribution in [0.4, 0.5) is 16.2 Å². The van der Waals surface area contributed by atoms with E-state index in [1.807, 2.05) is 62.2 Å². The molecule has 0 aliphatic carbocycles. The number of hydrogen-bond donors (Lipinski definition) is 11. The Morgan fingerprint density at radius 1 is 0.574 bits per heavy atom. The standard InChI is InChI=1S/C79H98N10O23S3/c1-6-88(40-18-42-113(103,104)105)54-29-31-57-58(78(2,3)4)48-55(112-66(57)47-54)26-16-27-67-79(5,59-49-56(115(109,110)111)30-34-65(59)89(67)41-19-43-114(106,107)108)37-17-28-68(90)84-64(46-53-24-14-9-15-25-53)74(97)85-63(45-52-22-12-8-13-23-52)73(96)82-50-70(92)80-38-39-81-72(95)62(44-51-20-10-7-11-21-51)83-69(91)35-32-60(75(98)99)86-77(102)87-61(76(100)101)33-36-71(93)94/h7-16,20-27,29-31,34,47-49,60-64H,6,17-19,28,32-33,35-46,50H2,1-5H3,(H13-,80,81,82,83,84,85,86,87,90,91,92,93,94,95,96,97,98,99,100,101,102,103,104,105,106,107,108,109,110,111)/p-2/b26-16+,67-27-/t60?,61?,62-,63-,64-,79?/m0/s1. The summed E-state index contributed by atoms with van der Waals surface area (Å²) in [5.74, 6) is -9.91.